The Morgan fingerprint density at radius 3 is 1.98 bits per heavy atom. The van der Waals surface area contributed by atoms with Crippen molar-refractivity contribution in [3.8, 4) is 0 Å². The third-order valence-electron chi connectivity index (χ3n) is 8.00. The predicted octanol–water partition coefficient (Wildman–Crippen LogP) is 6.65. The molecule has 0 aliphatic carbocycles. The first kappa shape index (κ1) is 29.5. The van der Waals surface area contributed by atoms with Crippen molar-refractivity contribution in [1.29, 1.82) is 0 Å². The van der Waals surface area contributed by atoms with Crippen LogP contribution < -0.4 is 10.4 Å². The zero-order valence-electron chi connectivity index (χ0n) is 24.1. The monoisotopic (exact) mass is 555 g/mol. The van der Waals surface area contributed by atoms with Crippen LogP contribution >= 0.6 is 0 Å². The molecular weight excluding hydrogens is 514 g/mol. The van der Waals surface area contributed by atoms with Gasteiger partial charge in [-0.3, -0.25) is 4.79 Å². The molecule has 210 valence electrons. The van der Waals surface area contributed by atoms with Gasteiger partial charge in [0.15, 0.2) is 0 Å². The molecule has 1 saturated heterocycles. The summed E-state index contributed by atoms with van der Waals surface area (Å²) < 4.78 is 12.3. The SMILES string of the molecule is C=C[C@@](C)(CCCO[Si](c1ccccc1)(c1ccccc1)C(C)(C)C)CC(=O)N1C(=O)OC[C@@H]1c1ccccc1. The second-order valence-electron chi connectivity index (χ2n) is 11.9. The highest BCUT2D eigenvalue weighted by Gasteiger charge is 2.50. The molecule has 5 nitrogen and oxygen atoms in total. The molecule has 0 aromatic heterocycles. The Kier molecular flexibility index (Phi) is 9.11. The fourth-order valence-electron chi connectivity index (χ4n) is 5.77. The molecule has 1 heterocycles. The summed E-state index contributed by atoms with van der Waals surface area (Å²) in [5.74, 6) is -0.244. The third kappa shape index (κ3) is 6.13. The Balaban J connectivity index is 1.48. The fourth-order valence-corrected chi connectivity index (χ4v) is 10.4. The highest BCUT2D eigenvalue weighted by atomic mass is 28.4. The van der Waals surface area contributed by atoms with Crippen molar-refractivity contribution in [3.63, 3.8) is 0 Å². The lowest BCUT2D eigenvalue weighted by molar-refractivity contribution is -0.131. The van der Waals surface area contributed by atoms with Crippen LogP contribution in [-0.4, -0.2) is 38.4 Å². The summed E-state index contributed by atoms with van der Waals surface area (Å²) in [6.07, 6.45) is 2.90. The third-order valence-corrected chi connectivity index (χ3v) is 13.0. The standard InChI is InChI=1S/C34H41NO4Si/c1-6-34(5,25-31(36)35-30(26-38-32(35)37)27-17-10-7-11-18-27)23-16-24-39-40(33(2,3)4,28-19-12-8-13-20-28)29-21-14-9-15-22-29/h6-15,17-22,30H,1,16,23-26H2,2-5H3/t30-,34+/m1/s1. The molecule has 6 heteroatoms. The van der Waals surface area contributed by atoms with Crippen LogP contribution in [0.2, 0.25) is 5.04 Å². The number of ether oxygens (including phenoxy) is 1. The number of hydrogen-bond acceptors (Lipinski definition) is 4. The largest absolute Gasteiger partial charge is 0.446 e. The Labute approximate surface area is 240 Å². The maximum Gasteiger partial charge on any atom is 0.417 e. The van der Waals surface area contributed by atoms with Crippen LogP contribution in [0.5, 0.6) is 0 Å². The molecule has 40 heavy (non-hydrogen) atoms. The number of hydrogen-bond donors (Lipinski definition) is 0. The van der Waals surface area contributed by atoms with Crippen LogP contribution in [0.4, 0.5) is 4.79 Å². The Bertz CT molecular complexity index is 1250. The Morgan fingerprint density at radius 2 is 1.48 bits per heavy atom. The highest BCUT2D eigenvalue weighted by Crippen LogP contribution is 2.38. The van der Waals surface area contributed by atoms with Gasteiger partial charge in [-0.2, -0.15) is 0 Å². The number of rotatable bonds is 11. The molecule has 0 N–H and O–H groups in total. The molecule has 0 bridgehead atoms. The molecule has 2 atom stereocenters. The van der Waals surface area contributed by atoms with Crippen molar-refractivity contribution in [1.82, 2.24) is 4.90 Å². The number of imide groups is 1. The molecule has 0 spiro atoms. The van der Waals surface area contributed by atoms with Crippen molar-refractivity contribution < 1.29 is 18.8 Å². The van der Waals surface area contributed by atoms with E-state index in [0.717, 1.165) is 12.0 Å². The second-order valence-corrected chi connectivity index (χ2v) is 16.2. The lowest BCUT2D eigenvalue weighted by atomic mass is 9.81. The normalized spacial score (nSPS) is 17.2. The summed E-state index contributed by atoms with van der Waals surface area (Å²) in [6.45, 7) is 13.6. The minimum absolute atomic E-state index is 0.101. The van der Waals surface area contributed by atoms with Crippen molar-refractivity contribution in [2.45, 2.75) is 58.0 Å². The van der Waals surface area contributed by atoms with Gasteiger partial charge in [-0.25, -0.2) is 9.69 Å². The van der Waals surface area contributed by atoms with Gasteiger partial charge < -0.3 is 9.16 Å². The summed E-state index contributed by atoms with van der Waals surface area (Å²) in [7, 11) is -2.63. The maximum atomic E-state index is 13.5. The van der Waals surface area contributed by atoms with Gasteiger partial charge in [-0.15, -0.1) is 6.58 Å². The number of amides is 2. The Morgan fingerprint density at radius 1 is 0.950 bits per heavy atom. The van der Waals surface area contributed by atoms with E-state index in [1.54, 1.807) is 0 Å². The van der Waals surface area contributed by atoms with Gasteiger partial charge in [0.1, 0.15) is 12.6 Å². The fraction of sp³-hybridized carbons (Fsp3) is 0.353. The minimum Gasteiger partial charge on any atom is -0.446 e. The van der Waals surface area contributed by atoms with Gasteiger partial charge in [0, 0.05) is 13.0 Å². The summed E-state index contributed by atoms with van der Waals surface area (Å²) in [6, 6.07) is 30.3. The van der Waals surface area contributed by atoms with E-state index in [2.05, 4.69) is 75.9 Å². The molecule has 0 radical (unpaired) electrons. The number of nitrogens with zero attached hydrogens (tertiary/aromatic N) is 1. The predicted molar refractivity (Wildman–Crippen MR) is 163 cm³/mol. The molecule has 3 aromatic carbocycles. The summed E-state index contributed by atoms with van der Waals surface area (Å²) >= 11 is 0. The van der Waals surface area contributed by atoms with Crippen LogP contribution in [0.25, 0.3) is 0 Å². The van der Waals surface area contributed by atoms with Gasteiger partial charge in [0.05, 0.1) is 0 Å². The molecule has 4 rings (SSSR count). The van der Waals surface area contributed by atoms with Crippen molar-refractivity contribution in [2.75, 3.05) is 13.2 Å². The molecular formula is C34H41NO4Si. The van der Waals surface area contributed by atoms with Crippen LogP contribution in [0.3, 0.4) is 0 Å². The van der Waals surface area contributed by atoms with E-state index >= 15 is 0 Å². The number of carbonyl (C=O) groups excluding carboxylic acids is 2. The van der Waals surface area contributed by atoms with Gasteiger partial charge >= 0.3 is 6.09 Å². The van der Waals surface area contributed by atoms with Gasteiger partial charge in [-0.1, -0.05) is 125 Å². The van der Waals surface area contributed by atoms with E-state index < -0.39 is 25.9 Å². The average Bonchev–Trinajstić information content (AvgIpc) is 3.35. The quantitative estimate of drug-likeness (QED) is 0.151. The average molecular weight is 556 g/mol. The molecule has 1 aliphatic rings. The van der Waals surface area contributed by atoms with E-state index in [9.17, 15) is 9.59 Å². The van der Waals surface area contributed by atoms with Crippen LogP contribution in [0.15, 0.2) is 104 Å². The van der Waals surface area contributed by atoms with E-state index in [1.165, 1.54) is 15.3 Å². The number of allylic oxidation sites excluding steroid dienone is 1. The first-order chi connectivity index (χ1) is 19.1. The molecule has 0 saturated carbocycles. The van der Waals surface area contributed by atoms with Crippen molar-refractivity contribution >= 4 is 30.7 Å². The minimum atomic E-state index is -2.63. The van der Waals surface area contributed by atoms with Gasteiger partial charge in [-0.05, 0) is 39.2 Å². The first-order valence-corrected chi connectivity index (χ1v) is 15.9. The zero-order valence-corrected chi connectivity index (χ0v) is 25.1. The summed E-state index contributed by atoms with van der Waals surface area (Å²) in [4.78, 5) is 27.3. The number of carbonyl (C=O) groups is 2. The lowest BCUT2D eigenvalue weighted by Crippen LogP contribution is -2.66. The smallest absolute Gasteiger partial charge is 0.417 e. The number of benzene rings is 3. The summed E-state index contributed by atoms with van der Waals surface area (Å²) in [5, 5.41) is 2.39. The molecule has 3 aromatic rings. The molecule has 0 unspecified atom stereocenters. The zero-order chi connectivity index (χ0) is 28.8. The van der Waals surface area contributed by atoms with E-state index in [4.69, 9.17) is 9.16 Å². The van der Waals surface area contributed by atoms with E-state index in [-0.39, 0.29) is 24.0 Å². The Hall–Kier alpha value is -3.48. The van der Waals surface area contributed by atoms with Crippen LogP contribution in [-0.2, 0) is 14.0 Å². The van der Waals surface area contributed by atoms with Gasteiger partial charge in [0.2, 0.25) is 5.91 Å². The molecule has 1 fully saturated rings. The maximum absolute atomic E-state index is 13.5. The molecule has 2 amide bonds. The number of cyclic esters (lactones) is 1. The van der Waals surface area contributed by atoms with Crippen LogP contribution in [0, 0.1) is 5.41 Å². The topological polar surface area (TPSA) is 55.8 Å². The van der Waals surface area contributed by atoms with Crippen molar-refractivity contribution in [3.05, 3.63) is 109 Å². The molecule has 1 aliphatic heterocycles. The van der Waals surface area contributed by atoms with Crippen LogP contribution in [0.1, 0.15) is 58.6 Å². The second kappa shape index (κ2) is 12.4. The van der Waals surface area contributed by atoms with Crippen molar-refractivity contribution in [2.24, 2.45) is 5.41 Å². The van der Waals surface area contributed by atoms with Gasteiger partial charge in [0.25, 0.3) is 8.32 Å². The lowest BCUT2D eigenvalue weighted by Gasteiger charge is -2.43. The van der Waals surface area contributed by atoms with E-state index in [0.29, 0.717) is 13.0 Å². The van der Waals surface area contributed by atoms with E-state index in [1.807, 2.05) is 55.5 Å². The first-order valence-electron chi connectivity index (χ1n) is 14.0. The summed E-state index contributed by atoms with van der Waals surface area (Å²) in [5.41, 5.74) is 0.399. The highest BCUT2D eigenvalue weighted by molar-refractivity contribution is 6.99.